The molecule has 6 heteroatoms. The van der Waals surface area contributed by atoms with Gasteiger partial charge in [0, 0.05) is 24.1 Å². The molecule has 1 aliphatic heterocycles. The van der Waals surface area contributed by atoms with Crippen LogP contribution in [0.25, 0.3) is 5.57 Å². The average molecular weight is 349 g/mol. The lowest BCUT2D eigenvalue weighted by Gasteiger charge is -2.23. The number of hydrogen-bond donors (Lipinski definition) is 1. The molecule has 1 aromatic heterocycles. The van der Waals surface area contributed by atoms with Crippen LogP contribution >= 0.6 is 11.3 Å². The quantitative estimate of drug-likeness (QED) is 0.836. The molecule has 0 radical (unpaired) electrons. The molecule has 1 aromatic rings. The zero-order valence-corrected chi connectivity index (χ0v) is 14.3. The van der Waals surface area contributed by atoms with Crippen molar-refractivity contribution in [1.29, 1.82) is 0 Å². The van der Waals surface area contributed by atoms with E-state index in [0.717, 1.165) is 41.5 Å². The van der Waals surface area contributed by atoms with Crippen LogP contribution in [0.5, 0.6) is 0 Å². The van der Waals surface area contributed by atoms with Gasteiger partial charge >= 0.3 is 5.97 Å². The molecule has 1 fully saturated rings. The van der Waals surface area contributed by atoms with Crippen molar-refractivity contribution < 1.29 is 18.7 Å². The molecule has 24 heavy (non-hydrogen) atoms. The molecule has 1 N–H and O–H groups in total. The van der Waals surface area contributed by atoms with Gasteiger partial charge < -0.3 is 14.8 Å². The van der Waals surface area contributed by atoms with Gasteiger partial charge in [0.1, 0.15) is 11.2 Å². The monoisotopic (exact) mass is 349 g/mol. The molecular formula is C18H20FNO3S. The Balaban J connectivity index is 1.88. The van der Waals surface area contributed by atoms with Gasteiger partial charge in [-0.1, -0.05) is 18.2 Å². The number of alkyl halides is 1. The number of esters is 1. The molecule has 2 aliphatic rings. The lowest BCUT2D eigenvalue weighted by atomic mass is 10.1. The summed E-state index contributed by atoms with van der Waals surface area (Å²) in [5, 5.41) is 4.24. The topological polar surface area (TPSA) is 47.6 Å². The third-order valence-corrected chi connectivity index (χ3v) is 5.12. The van der Waals surface area contributed by atoms with Gasteiger partial charge in [0.15, 0.2) is 0 Å². The number of ether oxygens (including phenoxy) is 2. The fraction of sp³-hybridized carbons (Fsp3) is 0.389. The smallest absolute Gasteiger partial charge is 0.340 e. The Morgan fingerprint density at radius 2 is 2.17 bits per heavy atom. The van der Waals surface area contributed by atoms with Crippen molar-refractivity contribution in [2.45, 2.75) is 25.1 Å². The third kappa shape index (κ3) is 3.94. The van der Waals surface area contributed by atoms with Crippen molar-refractivity contribution in [1.82, 2.24) is 0 Å². The Morgan fingerprint density at radius 1 is 1.38 bits per heavy atom. The second-order valence-corrected chi connectivity index (χ2v) is 6.74. The van der Waals surface area contributed by atoms with E-state index in [1.807, 2.05) is 6.08 Å². The number of carbonyl (C=O) groups excluding carboxylic acids is 1. The lowest BCUT2D eigenvalue weighted by molar-refractivity contribution is 0.0602. The standard InChI is InChI=1S/C18H20FNO3S/c1-22-18(21)15-11-16(12-3-2-4-13(19)6-5-12)24-17(15)20-14-7-9-23-10-8-14/h2-6,11,13-14,20H,7-10H2,1H3. The van der Waals surface area contributed by atoms with Crippen molar-refractivity contribution in [3.63, 3.8) is 0 Å². The summed E-state index contributed by atoms with van der Waals surface area (Å²) in [5.41, 5.74) is 1.39. The Bertz CT molecular complexity index is 686. The molecule has 1 atom stereocenters. The maximum Gasteiger partial charge on any atom is 0.340 e. The van der Waals surface area contributed by atoms with Crippen molar-refractivity contribution in [2.75, 3.05) is 25.6 Å². The van der Waals surface area contributed by atoms with Gasteiger partial charge in [0.25, 0.3) is 0 Å². The number of allylic oxidation sites excluding steroid dienone is 6. The molecule has 0 amide bonds. The number of thiophene rings is 1. The summed E-state index contributed by atoms with van der Waals surface area (Å²) in [4.78, 5) is 13.0. The van der Waals surface area contributed by atoms with Crippen LogP contribution in [0.1, 0.15) is 28.1 Å². The van der Waals surface area contributed by atoms with Crippen LogP contribution in [-0.2, 0) is 9.47 Å². The van der Waals surface area contributed by atoms with Crippen LogP contribution in [0.3, 0.4) is 0 Å². The maximum atomic E-state index is 13.4. The van der Waals surface area contributed by atoms with Crippen LogP contribution in [-0.4, -0.2) is 38.5 Å². The van der Waals surface area contributed by atoms with Crippen LogP contribution in [0.4, 0.5) is 9.39 Å². The van der Waals surface area contributed by atoms with Crippen LogP contribution < -0.4 is 5.32 Å². The highest BCUT2D eigenvalue weighted by atomic mass is 32.1. The van der Waals surface area contributed by atoms with Crippen molar-refractivity contribution in [3.8, 4) is 0 Å². The minimum Gasteiger partial charge on any atom is -0.465 e. The maximum absolute atomic E-state index is 13.4. The fourth-order valence-corrected chi connectivity index (χ4v) is 3.80. The molecule has 3 rings (SSSR count). The lowest BCUT2D eigenvalue weighted by Crippen LogP contribution is -2.28. The highest BCUT2D eigenvalue weighted by Gasteiger charge is 2.22. The summed E-state index contributed by atoms with van der Waals surface area (Å²) in [6.07, 6.45) is 9.00. The number of carbonyl (C=O) groups is 1. The molecule has 1 unspecified atom stereocenters. The molecule has 4 nitrogen and oxygen atoms in total. The van der Waals surface area contributed by atoms with Gasteiger partial charge in [-0.25, -0.2) is 9.18 Å². The first-order chi connectivity index (χ1) is 11.7. The van der Waals surface area contributed by atoms with Crippen molar-refractivity contribution >= 4 is 27.9 Å². The van der Waals surface area contributed by atoms with E-state index in [1.165, 1.54) is 30.6 Å². The van der Waals surface area contributed by atoms with Crippen molar-refractivity contribution in [3.05, 3.63) is 46.9 Å². The summed E-state index contributed by atoms with van der Waals surface area (Å²) >= 11 is 1.49. The second kappa shape index (κ2) is 7.77. The summed E-state index contributed by atoms with van der Waals surface area (Å²) in [6, 6.07) is 2.09. The molecular weight excluding hydrogens is 329 g/mol. The minimum atomic E-state index is -1.08. The highest BCUT2D eigenvalue weighted by Crippen LogP contribution is 2.35. The molecule has 128 valence electrons. The van der Waals surface area contributed by atoms with E-state index in [4.69, 9.17) is 9.47 Å². The molecule has 2 heterocycles. The van der Waals surface area contributed by atoms with Gasteiger partial charge in [0.2, 0.25) is 0 Å². The first kappa shape index (κ1) is 16.9. The number of rotatable bonds is 4. The zero-order valence-electron chi connectivity index (χ0n) is 13.5. The number of methoxy groups -OCH3 is 1. The summed E-state index contributed by atoms with van der Waals surface area (Å²) in [6.45, 7) is 1.44. The van der Waals surface area contributed by atoms with Gasteiger partial charge in [-0.05, 0) is 36.6 Å². The summed E-state index contributed by atoms with van der Waals surface area (Å²) in [7, 11) is 1.37. The van der Waals surface area contributed by atoms with Gasteiger partial charge in [-0.15, -0.1) is 11.3 Å². The Kier molecular flexibility index (Phi) is 5.48. The van der Waals surface area contributed by atoms with Gasteiger partial charge in [-0.2, -0.15) is 0 Å². The largest absolute Gasteiger partial charge is 0.465 e. The highest BCUT2D eigenvalue weighted by molar-refractivity contribution is 7.17. The van der Waals surface area contributed by atoms with E-state index < -0.39 is 6.17 Å². The molecule has 0 saturated carbocycles. The Labute approximate surface area is 144 Å². The number of nitrogens with one attached hydrogen (secondary N) is 1. The van der Waals surface area contributed by atoms with E-state index in [-0.39, 0.29) is 12.0 Å². The fourth-order valence-electron chi connectivity index (χ4n) is 2.67. The second-order valence-electron chi connectivity index (χ2n) is 5.69. The van der Waals surface area contributed by atoms with E-state index in [9.17, 15) is 9.18 Å². The average Bonchev–Trinajstić information content (AvgIpc) is 2.89. The van der Waals surface area contributed by atoms with Crippen LogP contribution in [0.15, 0.2) is 36.4 Å². The summed E-state index contributed by atoms with van der Waals surface area (Å²) in [5.74, 6) is -0.371. The molecule has 0 spiro atoms. The van der Waals surface area contributed by atoms with Crippen molar-refractivity contribution in [2.24, 2.45) is 0 Å². The number of halogens is 1. The van der Waals surface area contributed by atoms with E-state index in [1.54, 1.807) is 18.2 Å². The SMILES string of the molecule is COC(=O)c1cc(C2=CC=CC(F)C=C2)sc1NC1CCOCC1. The predicted molar refractivity (Wildman–Crippen MR) is 94.3 cm³/mol. The molecule has 1 saturated heterocycles. The molecule has 0 aromatic carbocycles. The zero-order chi connectivity index (χ0) is 16.9. The van der Waals surface area contributed by atoms with E-state index in [0.29, 0.717) is 5.56 Å². The molecule has 1 aliphatic carbocycles. The Hall–Kier alpha value is -1.92. The minimum absolute atomic E-state index is 0.280. The van der Waals surface area contributed by atoms with E-state index >= 15 is 0 Å². The predicted octanol–water partition coefficient (Wildman–Crippen LogP) is 3.97. The first-order valence-electron chi connectivity index (χ1n) is 7.95. The number of hydrogen-bond acceptors (Lipinski definition) is 5. The Morgan fingerprint density at radius 3 is 2.92 bits per heavy atom. The number of anilines is 1. The summed E-state index contributed by atoms with van der Waals surface area (Å²) < 4.78 is 23.7. The third-order valence-electron chi connectivity index (χ3n) is 4.01. The molecule has 0 bridgehead atoms. The van der Waals surface area contributed by atoms with Crippen LogP contribution in [0.2, 0.25) is 0 Å². The van der Waals surface area contributed by atoms with Gasteiger partial charge in [0.05, 0.1) is 12.7 Å². The van der Waals surface area contributed by atoms with E-state index in [2.05, 4.69) is 5.32 Å². The first-order valence-corrected chi connectivity index (χ1v) is 8.76. The van der Waals surface area contributed by atoms with Gasteiger partial charge in [-0.3, -0.25) is 0 Å². The van der Waals surface area contributed by atoms with Crippen LogP contribution in [0, 0.1) is 0 Å². The normalized spacial score (nSPS) is 21.2.